The second-order valence-electron chi connectivity index (χ2n) is 4.35. The predicted molar refractivity (Wildman–Crippen MR) is 91.1 cm³/mol. The van der Waals surface area contributed by atoms with Gasteiger partial charge in [-0.3, -0.25) is 4.99 Å². The van der Waals surface area contributed by atoms with Gasteiger partial charge in [-0.15, -0.1) is 24.0 Å². The van der Waals surface area contributed by atoms with E-state index in [0.717, 1.165) is 45.7 Å². The van der Waals surface area contributed by atoms with Crippen LogP contribution in [0.1, 0.15) is 26.7 Å². The molecule has 18 heavy (non-hydrogen) atoms. The van der Waals surface area contributed by atoms with Crippen LogP contribution >= 0.6 is 35.7 Å². The summed E-state index contributed by atoms with van der Waals surface area (Å²) >= 11 is 1.90. The van der Waals surface area contributed by atoms with Gasteiger partial charge >= 0.3 is 0 Å². The monoisotopic (exact) mass is 387 g/mol. The summed E-state index contributed by atoms with van der Waals surface area (Å²) in [7, 11) is 0. The quantitative estimate of drug-likeness (QED) is 0.446. The zero-order valence-electron chi connectivity index (χ0n) is 11.6. The highest BCUT2D eigenvalue weighted by Crippen LogP contribution is 2.33. The van der Waals surface area contributed by atoms with E-state index in [1.54, 1.807) is 0 Å². The van der Waals surface area contributed by atoms with Crippen LogP contribution in [0.15, 0.2) is 4.99 Å². The average Bonchev–Trinajstić information content (AvgIpc) is 2.39. The van der Waals surface area contributed by atoms with E-state index in [4.69, 9.17) is 10.5 Å². The summed E-state index contributed by atoms with van der Waals surface area (Å²) in [5.41, 5.74) is 6.01. The maximum absolute atomic E-state index is 6.01. The van der Waals surface area contributed by atoms with E-state index in [-0.39, 0.29) is 28.7 Å². The summed E-state index contributed by atoms with van der Waals surface area (Å²) in [6.07, 6.45) is 4.31. The van der Waals surface area contributed by atoms with Crippen molar-refractivity contribution < 1.29 is 4.74 Å². The Bertz CT molecular complexity index is 254. The molecule has 0 radical (unpaired) electrons. The first kappa shape index (κ1) is 18.3. The van der Waals surface area contributed by atoms with Crippen LogP contribution in [0.3, 0.4) is 0 Å². The van der Waals surface area contributed by atoms with Crippen molar-refractivity contribution in [3.8, 4) is 0 Å². The molecule has 0 saturated carbocycles. The van der Waals surface area contributed by atoms with Crippen LogP contribution in [0.4, 0.5) is 0 Å². The van der Waals surface area contributed by atoms with Gasteiger partial charge in [0.05, 0.1) is 6.54 Å². The number of ether oxygens (including phenoxy) is 1. The molecule has 6 heteroatoms. The van der Waals surface area contributed by atoms with Crippen molar-refractivity contribution >= 4 is 41.7 Å². The van der Waals surface area contributed by atoms with Crippen molar-refractivity contribution in [3.63, 3.8) is 0 Å². The molecular formula is C12H26IN3OS. The number of rotatable bonds is 5. The number of nitrogens with zero attached hydrogens (tertiary/aromatic N) is 2. The third kappa shape index (κ3) is 5.13. The Morgan fingerprint density at radius 3 is 2.33 bits per heavy atom. The molecule has 0 amide bonds. The van der Waals surface area contributed by atoms with Gasteiger partial charge in [-0.25, -0.2) is 0 Å². The molecule has 1 rings (SSSR count). The number of guanidine groups is 1. The normalized spacial score (nSPS) is 19.2. The average molecular weight is 387 g/mol. The molecule has 0 spiro atoms. The fourth-order valence-corrected chi connectivity index (χ4v) is 2.81. The Hall–Kier alpha value is 0.310. The van der Waals surface area contributed by atoms with Crippen LogP contribution < -0.4 is 5.73 Å². The predicted octanol–water partition coefficient (Wildman–Crippen LogP) is 2.17. The minimum Gasteiger partial charge on any atom is -0.381 e. The van der Waals surface area contributed by atoms with Gasteiger partial charge in [0, 0.05) is 31.1 Å². The van der Waals surface area contributed by atoms with Crippen molar-refractivity contribution in [2.45, 2.75) is 31.4 Å². The van der Waals surface area contributed by atoms with Gasteiger partial charge in [0.1, 0.15) is 0 Å². The lowest BCUT2D eigenvalue weighted by molar-refractivity contribution is 0.0794. The summed E-state index contributed by atoms with van der Waals surface area (Å²) in [5, 5.41) is 0. The Kier molecular flexibility index (Phi) is 9.41. The standard InChI is InChI=1S/C12H25N3OS.HI/c1-4-15(5-2)11(13)14-10-12(17-3)6-8-16-9-7-12;/h4-10H2,1-3H3,(H2,13,14);1H. The summed E-state index contributed by atoms with van der Waals surface area (Å²) in [6, 6.07) is 0. The van der Waals surface area contributed by atoms with Crippen molar-refractivity contribution in [2.75, 3.05) is 39.1 Å². The summed E-state index contributed by atoms with van der Waals surface area (Å²) in [5.74, 6) is 0.676. The first-order valence-corrected chi connectivity index (χ1v) is 7.57. The third-order valence-electron chi connectivity index (χ3n) is 3.45. The number of aliphatic imine (C=N–C) groups is 1. The van der Waals surface area contributed by atoms with Gasteiger partial charge in [0.2, 0.25) is 0 Å². The summed E-state index contributed by atoms with van der Waals surface area (Å²) in [6.45, 7) is 8.54. The van der Waals surface area contributed by atoms with Crippen molar-refractivity contribution in [3.05, 3.63) is 0 Å². The van der Waals surface area contributed by atoms with E-state index < -0.39 is 0 Å². The van der Waals surface area contributed by atoms with E-state index in [9.17, 15) is 0 Å². The lowest BCUT2D eigenvalue weighted by Crippen LogP contribution is -2.40. The minimum absolute atomic E-state index is 0. The summed E-state index contributed by atoms with van der Waals surface area (Å²) < 4.78 is 5.65. The molecular weight excluding hydrogens is 361 g/mol. The van der Waals surface area contributed by atoms with E-state index >= 15 is 0 Å². The minimum atomic E-state index is 0. The molecule has 0 aromatic heterocycles. The molecule has 1 fully saturated rings. The third-order valence-corrected chi connectivity index (χ3v) is 4.86. The van der Waals surface area contributed by atoms with E-state index in [0.29, 0.717) is 5.96 Å². The molecule has 4 nitrogen and oxygen atoms in total. The fraction of sp³-hybridized carbons (Fsp3) is 0.917. The smallest absolute Gasteiger partial charge is 0.191 e. The van der Waals surface area contributed by atoms with Crippen LogP contribution in [0.5, 0.6) is 0 Å². The van der Waals surface area contributed by atoms with E-state index in [1.165, 1.54) is 0 Å². The summed E-state index contributed by atoms with van der Waals surface area (Å²) in [4.78, 5) is 6.67. The van der Waals surface area contributed by atoms with Gasteiger partial charge in [-0.1, -0.05) is 0 Å². The Morgan fingerprint density at radius 2 is 1.89 bits per heavy atom. The zero-order valence-corrected chi connectivity index (χ0v) is 14.8. The number of hydrogen-bond acceptors (Lipinski definition) is 3. The van der Waals surface area contributed by atoms with E-state index in [1.807, 2.05) is 11.8 Å². The highest BCUT2D eigenvalue weighted by Gasteiger charge is 2.31. The molecule has 0 atom stereocenters. The highest BCUT2D eigenvalue weighted by molar-refractivity contribution is 14.0. The first-order chi connectivity index (χ1) is 8.17. The van der Waals surface area contributed by atoms with Gasteiger partial charge < -0.3 is 15.4 Å². The number of hydrogen-bond donors (Lipinski definition) is 1. The van der Waals surface area contributed by atoms with Crippen LogP contribution in [-0.4, -0.2) is 54.7 Å². The van der Waals surface area contributed by atoms with Gasteiger partial charge in [0.25, 0.3) is 0 Å². The lowest BCUT2D eigenvalue weighted by Gasteiger charge is -2.34. The van der Waals surface area contributed by atoms with Crippen LogP contribution in [0.2, 0.25) is 0 Å². The van der Waals surface area contributed by atoms with Crippen LogP contribution in [0.25, 0.3) is 0 Å². The second-order valence-corrected chi connectivity index (χ2v) is 5.62. The largest absolute Gasteiger partial charge is 0.381 e. The lowest BCUT2D eigenvalue weighted by atomic mass is 9.99. The number of thioether (sulfide) groups is 1. The Morgan fingerprint density at radius 1 is 1.33 bits per heavy atom. The molecule has 0 aromatic carbocycles. The molecule has 108 valence electrons. The van der Waals surface area contributed by atoms with Crippen molar-refractivity contribution in [2.24, 2.45) is 10.7 Å². The van der Waals surface area contributed by atoms with E-state index in [2.05, 4.69) is 30.0 Å². The molecule has 0 unspecified atom stereocenters. The molecule has 0 aliphatic carbocycles. The maximum atomic E-state index is 6.01. The molecule has 1 saturated heterocycles. The molecule has 1 aliphatic heterocycles. The molecule has 1 aliphatic rings. The molecule has 0 aromatic rings. The molecule has 0 bridgehead atoms. The Balaban J connectivity index is 0.00000289. The topological polar surface area (TPSA) is 50.8 Å². The van der Waals surface area contributed by atoms with Gasteiger partial charge in [-0.05, 0) is 32.9 Å². The van der Waals surface area contributed by atoms with Crippen LogP contribution in [0, 0.1) is 0 Å². The second kappa shape index (κ2) is 9.25. The number of halogens is 1. The van der Waals surface area contributed by atoms with Gasteiger partial charge in [-0.2, -0.15) is 11.8 Å². The Labute approximate surface area is 132 Å². The number of nitrogens with two attached hydrogens (primary N) is 1. The fourth-order valence-electron chi connectivity index (χ4n) is 2.04. The van der Waals surface area contributed by atoms with Gasteiger partial charge in [0.15, 0.2) is 5.96 Å². The van der Waals surface area contributed by atoms with Crippen LogP contribution in [-0.2, 0) is 4.74 Å². The SMILES string of the molecule is CCN(CC)C(N)=NCC1(SC)CCOCC1.I. The first-order valence-electron chi connectivity index (χ1n) is 6.35. The molecule has 1 heterocycles. The van der Waals surface area contributed by atoms with Crippen molar-refractivity contribution in [1.82, 2.24) is 4.90 Å². The van der Waals surface area contributed by atoms with Crippen molar-refractivity contribution in [1.29, 1.82) is 0 Å². The maximum Gasteiger partial charge on any atom is 0.191 e. The molecule has 2 N–H and O–H groups in total. The highest BCUT2D eigenvalue weighted by atomic mass is 127. The zero-order chi connectivity index (χ0) is 12.7.